The number of rotatable bonds is 6. The topological polar surface area (TPSA) is 20.3 Å². The van der Waals surface area contributed by atoms with Crippen molar-refractivity contribution < 1.29 is 9.18 Å². The van der Waals surface area contributed by atoms with E-state index in [1.54, 1.807) is 17.0 Å². The Morgan fingerprint density at radius 1 is 1.41 bits per heavy atom. The number of carbonyl (C=O) groups is 1. The van der Waals surface area contributed by atoms with Crippen LogP contribution in [0.2, 0.25) is 0 Å². The van der Waals surface area contributed by atoms with Gasteiger partial charge in [0.15, 0.2) is 0 Å². The first-order valence-electron chi connectivity index (χ1n) is 5.75. The van der Waals surface area contributed by atoms with Crippen molar-refractivity contribution in [3.8, 4) is 0 Å². The molecule has 0 heterocycles. The van der Waals surface area contributed by atoms with Gasteiger partial charge in [-0.05, 0) is 24.1 Å². The largest absolute Gasteiger partial charge is 0.341 e. The van der Waals surface area contributed by atoms with Crippen molar-refractivity contribution in [3.63, 3.8) is 0 Å². The average Bonchev–Trinajstić information content (AvgIpc) is 2.28. The number of hydrogen-bond donors (Lipinski definition) is 0. The van der Waals surface area contributed by atoms with Crippen molar-refractivity contribution >= 4 is 17.5 Å². The molecule has 0 fully saturated rings. The van der Waals surface area contributed by atoms with Crippen LogP contribution < -0.4 is 0 Å². The van der Waals surface area contributed by atoms with Crippen LogP contribution in [0.1, 0.15) is 18.9 Å². The number of benzene rings is 1. The molecule has 1 rings (SSSR count). The van der Waals surface area contributed by atoms with Crippen LogP contribution in [0, 0.1) is 5.82 Å². The van der Waals surface area contributed by atoms with E-state index in [0.29, 0.717) is 24.5 Å². The maximum Gasteiger partial charge on any atom is 0.227 e. The monoisotopic (exact) mass is 257 g/mol. The van der Waals surface area contributed by atoms with Crippen LogP contribution in [0.5, 0.6) is 0 Å². The van der Waals surface area contributed by atoms with Crippen LogP contribution in [0.15, 0.2) is 24.3 Å². The number of alkyl halides is 1. The lowest BCUT2D eigenvalue weighted by atomic mass is 10.1. The summed E-state index contributed by atoms with van der Waals surface area (Å²) < 4.78 is 13.0. The van der Waals surface area contributed by atoms with Crippen LogP contribution in [0.4, 0.5) is 4.39 Å². The molecule has 4 heteroatoms. The van der Waals surface area contributed by atoms with E-state index in [0.717, 1.165) is 6.42 Å². The molecular formula is C13H17ClFNO. The first-order chi connectivity index (χ1) is 8.17. The van der Waals surface area contributed by atoms with Crippen LogP contribution in [-0.4, -0.2) is 29.8 Å². The van der Waals surface area contributed by atoms with Crippen molar-refractivity contribution in [1.29, 1.82) is 0 Å². The molecular weight excluding hydrogens is 241 g/mol. The Bertz CT molecular complexity index is 364. The Kier molecular flexibility index (Phi) is 5.98. The molecule has 0 aliphatic carbocycles. The third kappa shape index (κ3) is 4.73. The molecule has 1 aromatic carbocycles. The third-order valence-corrected chi connectivity index (χ3v) is 2.61. The van der Waals surface area contributed by atoms with Crippen LogP contribution in [0.3, 0.4) is 0 Å². The molecule has 0 radical (unpaired) electrons. The molecule has 0 aliphatic heterocycles. The van der Waals surface area contributed by atoms with Gasteiger partial charge in [0.2, 0.25) is 5.91 Å². The molecule has 0 spiro atoms. The maximum atomic E-state index is 13.0. The van der Waals surface area contributed by atoms with E-state index in [1.165, 1.54) is 12.1 Å². The molecule has 0 bridgehead atoms. The summed E-state index contributed by atoms with van der Waals surface area (Å²) in [5.41, 5.74) is 0.700. The molecule has 0 unspecified atom stereocenters. The Balaban J connectivity index is 2.62. The standard InChI is InChI=1S/C13H17ClFNO/c1-2-7-16(8-6-14)13(17)10-11-4-3-5-12(15)9-11/h3-5,9H,2,6-8,10H2,1H3. The Labute approximate surface area is 106 Å². The van der Waals surface area contributed by atoms with Crippen LogP contribution in [0.25, 0.3) is 0 Å². The first kappa shape index (κ1) is 14.0. The van der Waals surface area contributed by atoms with Crippen molar-refractivity contribution in [2.45, 2.75) is 19.8 Å². The molecule has 0 atom stereocenters. The molecule has 2 nitrogen and oxygen atoms in total. The fourth-order valence-corrected chi connectivity index (χ4v) is 1.87. The van der Waals surface area contributed by atoms with Gasteiger partial charge in [-0.25, -0.2) is 4.39 Å². The lowest BCUT2D eigenvalue weighted by molar-refractivity contribution is -0.130. The van der Waals surface area contributed by atoms with Crippen LogP contribution >= 0.6 is 11.6 Å². The molecule has 0 aromatic heterocycles. The van der Waals surface area contributed by atoms with E-state index in [9.17, 15) is 9.18 Å². The minimum Gasteiger partial charge on any atom is -0.341 e. The van der Waals surface area contributed by atoms with Gasteiger partial charge in [-0.3, -0.25) is 4.79 Å². The smallest absolute Gasteiger partial charge is 0.227 e. The van der Waals surface area contributed by atoms with E-state index < -0.39 is 0 Å². The molecule has 0 N–H and O–H groups in total. The molecule has 17 heavy (non-hydrogen) atoms. The molecule has 0 saturated heterocycles. The number of hydrogen-bond acceptors (Lipinski definition) is 1. The Hall–Kier alpha value is -1.09. The van der Waals surface area contributed by atoms with E-state index >= 15 is 0 Å². The van der Waals surface area contributed by atoms with Gasteiger partial charge in [-0.2, -0.15) is 0 Å². The summed E-state index contributed by atoms with van der Waals surface area (Å²) in [6, 6.07) is 6.13. The predicted molar refractivity (Wildman–Crippen MR) is 67.7 cm³/mol. The highest BCUT2D eigenvalue weighted by molar-refractivity contribution is 6.18. The zero-order valence-corrected chi connectivity index (χ0v) is 10.7. The van der Waals surface area contributed by atoms with Gasteiger partial charge in [0.05, 0.1) is 6.42 Å². The fraction of sp³-hybridized carbons (Fsp3) is 0.462. The van der Waals surface area contributed by atoms with Gasteiger partial charge in [0.1, 0.15) is 5.82 Å². The average molecular weight is 258 g/mol. The summed E-state index contributed by atoms with van der Waals surface area (Å²) in [6.07, 6.45) is 1.13. The first-order valence-corrected chi connectivity index (χ1v) is 6.29. The van der Waals surface area contributed by atoms with Crippen molar-refractivity contribution in [2.24, 2.45) is 0 Å². The van der Waals surface area contributed by atoms with Crippen molar-refractivity contribution in [2.75, 3.05) is 19.0 Å². The number of amides is 1. The number of nitrogens with zero attached hydrogens (tertiary/aromatic N) is 1. The van der Waals surface area contributed by atoms with Gasteiger partial charge in [0.25, 0.3) is 0 Å². The molecule has 0 saturated carbocycles. The molecule has 94 valence electrons. The third-order valence-electron chi connectivity index (χ3n) is 2.45. The van der Waals surface area contributed by atoms with Crippen molar-refractivity contribution in [3.05, 3.63) is 35.6 Å². The van der Waals surface area contributed by atoms with Crippen molar-refractivity contribution in [1.82, 2.24) is 4.90 Å². The highest BCUT2D eigenvalue weighted by Gasteiger charge is 2.12. The summed E-state index contributed by atoms with van der Waals surface area (Å²) in [7, 11) is 0. The van der Waals surface area contributed by atoms with Gasteiger partial charge in [0, 0.05) is 19.0 Å². The highest BCUT2D eigenvalue weighted by atomic mass is 35.5. The maximum absolute atomic E-state index is 13.0. The van der Waals surface area contributed by atoms with Gasteiger partial charge >= 0.3 is 0 Å². The second kappa shape index (κ2) is 7.28. The number of carbonyl (C=O) groups excluding carboxylic acids is 1. The van der Waals surface area contributed by atoms with E-state index in [-0.39, 0.29) is 18.1 Å². The van der Waals surface area contributed by atoms with Gasteiger partial charge in [-0.1, -0.05) is 19.1 Å². The fourth-order valence-electron chi connectivity index (χ4n) is 1.67. The van der Waals surface area contributed by atoms with E-state index in [4.69, 9.17) is 11.6 Å². The molecule has 1 aromatic rings. The van der Waals surface area contributed by atoms with Gasteiger partial charge < -0.3 is 4.90 Å². The summed E-state index contributed by atoms with van der Waals surface area (Å²) >= 11 is 5.65. The predicted octanol–water partition coefficient (Wildman–Crippen LogP) is 2.85. The number of halogens is 2. The minimum absolute atomic E-state index is 0.00176. The second-order valence-corrected chi connectivity index (χ2v) is 4.25. The van der Waals surface area contributed by atoms with Gasteiger partial charge in [-0.15, -0.1) is 11.6 Å². The Morgan fingerprint density at radius 3 is 2.76 bits per heavy atom. The zero-order valence-electron chi connectivity index (χ0n) is 9.96. The minimum atomic E-state index is -0.310. The molecule has 0 aliphatic rings. The summed E-state index contributed by atoms with van der Waals surface area (Å²) in [5.74, 6) is 0.113. The molecule has 1 amide bonds. The quantitative estimate of drug-likeness (QED) is 0.718. The zero-order chi connectivity index (χ0) is 12.7. The summed E-state index contributed by atoms with van der Waals surface area (Å²) in [4.78, 5) is 13.7. The van der Waals surface area contributed by atoms with Crippen LogP contribution in [-0.2, 0) is 11.2 Å². The lowest BCUT2D eigenvalue weighted by Gasteiger charge is -2.21. The summed E-state index contributed by atoms with van der Waals surface area (Å²) in [6.45, 7) is 3.25. The Morgan fingerprint density at radius 2 is 2.18 bits per heavy atom. The highest BCUT2D eigenvalue weighted by Crippen LogP contribution is 2.07. The van der Waals surface area contributed by atoms with E-state index in [1.807, 2.05) is 6.92 Å². The van der Waals surface area contributed by atoms with E-state index in [2.05, 4.69) is 0 Å². The normalized spacial score (nSPS) is 10.3. The summed E-state index contributed by atoms with van der Waals surface area (Å²) in [5, 5.41) is 0. The lowest BCUT2D eigenvalue weighted by Crippen LogP contribution is -2.34. The SMILES string of the molecule is CCCN(CCCl)C(=O)Cc1cccc(F)c1. The second-order valence-electron chi connectivity index (χ2n) is 3.88.